The van der Waals surface area contributed by atoms with E-state index >= 15 is 0 Å². The number of benzene rings is 1. The maximum absolute atomic E-state index is 12.3. The smallest absolute Gasteiger partial charge is 0.267 e. The van der Waals surface area contributed by atoms with E-state index in [2.05, 4.69) is 25.0 Å². The molecule has 4 heterocycles. The zero-order valence-corrected chi connectivity index (χ0v) is 14.4. The quantitative estimate of drug-likeness (QED) is 0.561. The summed E-state index contributed by atoms with van der Waals surface area (Å²) in [7, 11) is 0. The third-order valence-corrected chi connectivity index (χ3v) is 4.77. The van der Waals surface area contributed by atoms with Crippen LogP contribution in [0.5, 0.6) is 0 Å². The van der Waals surface area contributed by atoms with Crippen LogP contribution in [0.1, 0.15) is 6.04 Å². The number of nitrogens with zero attached hydrogens (tertiary/aromatic N) is 6. The van der Waals surface area contributed by atoms with Crippen LogP contribution in [-0.4, -0.2) is 37.8 Å². The number of fused-ring (bicyclic) bond motifs is 1. The fraction of sp³-hybridized carbons (Fsp3) is 0.150. The van der Waals surface area contributed by atoms with Gasteiger partial charge in [0.2, 0.25) is 0 Å². The van der Waals surface area contributed by atoms with E-state index in [4.69, 9.17) is 0 Å². The molecule has 7 heteroatoms. The third-order valence-electron chi connectivity index (χ3n) is 4.77. The Morgan fingerprint density at radius 1 is 0.926 bits per heavy atom. The highest BCUT2D eigenvalue weighted by atomic mass is 16.1. The summed E-state index contributed by atoms with van der Waals surface area (Å²) in [6.45, 7) is 1.36. The van der Waals surface area contributed by atoms with E-state index in [9.17, 15) is 4.79 Å². The molecule has 0 aliphatic carbocycles. The number of rotatable bonds is 3. The molecule has 0 unspecified atom stereocenters. The Kier molecular flexibility index (Phi) is 3.64. The van der Waals surface area contributed by atoms with Gasteiger partial charge in [-0.2, -0.15) is 5.10 Å². The Balaban J connectivity index is 1.39. The van der Waals surface area contributed by atoms with E-state index in [-0.39, 0.29) is 11.6 Å². The van der Waals surface area contributed by atoms with Crippen molar-refractivity contribution in [2.45, 2.75) is 6.04 Å². The number of para-hydroxylation sites is 2. The fourth-order valence-electron chi connectivity index (χ4n) is 3.26. The van der Waals surface area contributed by atoms with E-state index in [0.717, 1.165) is 28.1 Å². The molecule has 0 saturated carbocycles. The lowest BCUT2D eigenvalue weighted by Gasteiger charge is -2.40. The first kappa shape index (κ1) is 15.6. The molecule has 5 rings (SSSR count). The van der Waals surface area contributed by atoms with E-state index in [1.54, 1.807) is 35.4 Å². The maximum Gasteiger partial charge on any atom is 0.267 e. The van der Waals surface area contributed by atoms with Crippen molar-refractivity contribution in [1.82, 2.24) is 24.7 Å². The summed E-state index contributed by atoms with van der Waals surface area (Å²) < 4.78 is 1.57. The molecule has 1 saturated heterocycles. The van der Waals surface area contributed by atoms with Crippen molar-refractivity contribution >= 4 is 16.9 Å². The van der Waals surface area contributed by atoms with Gasteiger partial charge in [-0.1, -0.05) is 12.1 Å². The van der Waals surface area contributed by atoms with Gasteiger partial charge >= 0.3 is 0 Å². The van der Waals surface area contributed by atoms with Crippen molar-refractivity contribution in [1.29, 1.82) is 0 Å². The molecule has 1 aliphatic heterocycles. The summed E-state index contributed by atoms with van der Waals surface area (Å²) in [5, 5.41) is 4.56. The summed E-state index contributed by atoms with van der Waals surface area (Å²) >= 11 is 0. The second-order valence-corrected chi connectivity index (χ2v) is 6.51. The molecule has 27 heavy (non-hydrogen) atoms. The summed E-state index contributed by atoms with van der Waals surface area (Å²) in [5.74, 6) is 0.822. The molecule has 1 aliphatic rings. The van der Waals surface area contributed by atoms with Crippen LogP contribution >= 0.6 is 0 Å². The lowest BCUT2D eigenvalue weighted by molar-refractivity contribution is 0.353. The Morgan fingerprint density at radius 3 is 2.52 bits per heavy atom. The van der Waals surface area contributed by atoms with E-state index in [0.29, 0.717) is 13.1 Å². The molecule has 0 atom stereocenters. The second-order valence-electron chi connectivity index (χ2n) is 6.51. The highest BCUT2D eigenvalue weighted by Gasteiger charge is 2.31. The van der Waals surface area contributed by atoms with Crippen molar-refractivity contribution in [3.8, 4) is 11.3 Å². The van der Waals surface area contributed by atoms with Crippen LogP contribution in [-0.2, 0) is 0 Å². The monoisotopic (exact) mass is 356 g/mol. The number of aromatic nitrogens is 5. The standard InChI is InChI=1S/C20H16N6O/c27-20-6-5-16(14-7-9-21-10-8-14)24-26(20)15-12-25(13-15)19-11-22-17-3-1-2-4-18(17)23-19/h1-11,15H,12-13H2. The van der Waals surface area contributed by atoms with E-state index < -0.39 is 0 Å². The lowest BCUT2D eigenvalue weighted by Crippen LogP contribution is -2.51. The molecular weight excluding hydrogens is 340 g/mol. The van der Waals surface area contributed by atoms with E-state index in [1.807, 2.05) is 36.4 Å². The van der Waals surface area contributed by atoms with Crippen molar-refractivity contribution in [2.24, 2.45) is 0 Å². The average Bonchev–Trinajstić information content (AvgIpc) is 2.69. The normalized spacial score (nSPS) is 14.3. The first-order chi connectivity index (χ1) is 13.3. The van der Waals surface area contributed by atoms with Crippen LogP contribution in [0.25, 0.3) is 22.3 Å². The minimum absolute atomic E-state index is 0.0209. The van der Waals surface area contributed by atoms with Gasteiger partial charge in [0, 0.05) is 37.1 Å². The molecular formula is C20H16N6O. The van der Waals surface area contributed by atoms with Crippen LogP contribution in [0.2, 0.25) is 0 Å². The minimum atomic E-state index is -0.0953. The van der Waals surface area contributed by atoms with Crippen LogP contribution in [0.15, 0.2) is 71.9 Å². The summed E-state index contributed by atoms with van der Waals surface area (Å²) in [4.78, 5) is 27.5. The molecule has 0 amide bonds. The van der Waals surface area contributed by atoms with Crippen LogP contribution in [0, 0.1) is 0 Å². The first-order valence-electron chi connectivity index (χ1n) is 8.75. The first-order valence-corrected chi connectivity index (χ1v) is 8.75. The molecule has 4 aromatic rings. The van der Waals surface area contributed by atoms with Crippen LogP contribution < -0.4 is 10.5 Å². The van der Waals surface area contributed by atoms with Crippen molar-refractivity contribution in [3.63, 3.8) is 0 Å². The predicted molar refractivity (Wildman–Crippen MR) is 103 cm³/mol. The average molecular weight is 356 g/mol. The topological polar surface area (TPSA) is 76.8 Å². The number of hydrogen-bond donors (Lipinski definition) is 0. The van der Waals surface area contributed by atoms with Gasteiger partial charge in [-0.25, -0.2) is 9.67 Å². The second kappa shape index (κ2) is 6.28. The van der Waals surface area contributed by atoms with Gasteiger partial charge < -0.3 is 4.90 Å². The Hall–Kier alpha value is -3.61. The van der Waals surface area contributed by atoms with Gasteiger partial charge in [0.25, 0.3) is 5.56 Å². The molecule has 132 valence electrons. The largest absolute Gasteiger partial charge is 0.351 e. The minimum Gasteiger partial charge on any atom is -0.351 e. The van der Waals surface area contributed by atoms with Gasteiger partial charge in [-0.05, 0) is 30.3 Å². The molecule has 1 aromatic carbocycles. The summed E-state index contributed by atoms with van der Waals surface area (Å²) in [6, 6.07) is 14.9. The SMILES string of the molecule is O=c1ccc(-c2ccncc2)nn1C1CN(c2cnc3ccccc3n2)C1. The zero-order valence-electron chi connectivity index (χ0n) is 14.4. The highest BCUT2D eigenvalue weighted by molar-refractivity contribution is 5.75. The number of anilines is 1. The van der Waals surface area contributed by atoms with Gasteiger partial charge in [0.1, 0.15) is 5.82 Å². The maximum atomic E-state index is 12.3. The summed E-state index contributed by atoms with van der Waals surface area (Å²) in [6.07, 6.45) is 5.22. The molecule has 0 radical (unpaired) electrons. The molecule has 0 bridgehead atoms. The summed E-state index contributed by atoms with van der Waals surface area (Å²) in [5.41, 5.74) is 3.35. The highest BCUT2D eigenvalue weighted by Crippen LogP contribution is 2.26. The van der Waals surface area contributed by atoms with Crippen LogP contribution in [0.3, 0.4) is 0 Å². The molecule has 0 N–H and O–H groups in total. The van der Waals surface area contributed by atoms with Crippen LogP contribution in [0.4, 0.5) is 5.82 Å². The zero-order chi connectivity index (χ0) is 18.2. The predicted octanol–water partition coefficient (Wildman–Crippen LogP) is 2.31. The third kappa shape index (κ3) is 2.83. The number of hydrogen-bond acceptors (Lipinski definition) is 6. The molecule has 0 spiro atoms. The lowest BCUT2D eigenvalue weighted by atomic mass is 10.1. The fourth-order valence-corrected chi connectivity index (χ4v) is 3.26. The Bertz CT molecular complexity index is 1170. The van der Waals surface area contributed by atoms with Gasteiger partial charge in [-0.3, -0.25) is 14.8 Å². The molecule has 7 nitrogen and oxygen atoms in total. The van der Waals surface area contributed by atoms with Gasteiger partial charge in [0.05, 0.1) is 29.0 Å². The van der Waals surface area contributed by atoms with Crippen molar-refractivity contribution < 1.29 is 0 Å². The Labute approximate surface area is 155 Å². The number of pyridine rings is 1. The molecule has 3 aromatic heterocycles. The van der Waals surface area contributed by atoms with Crippen molar-refractivity contribution in [2.75, 3.05) is 18.0 Å². The van der Waals surface area contributed by atoms with E-state index in [1.165, 1.54) is 0 Å². The van der Waals surface area contributed by atoms with Gasteiger partial charge in [-0.15, -0.1) is 0 Å². The van der Waals surface area contributed by atoms with Crippen molar-refractivity contribution in [3.05, 3.63) is 77.5 Å². The van der Waals surface area contributed by atoms with Gasteiger partial charge in [0.15, 0.2) is 0 Å². The Morgan fingerprint density at radius 2 is 1.70 bits per heavy atom. The molecule has 1 fully saturated rings.